The first-order chi connectivity index (χ1) is 12.5. The Morgan fingerprint density at radius 3 is 2.69 bits per heavy atom. The maximum absolute atomic E-state index is 13.0. The van der Waals surface area contributed by atoms with Crippen molar-refractivity contribution in [1.82, 2.24) is 5.32 Å². The van der Waals surface area contributed by atoms with Gasteiger partial charge in [0.2, 0.25) is 5.96 Å². The molecule has 2 aromatic carbocycles. The summed E-state index contributed by atoms with van der Waals surface area (Å²) in [5.41, 5.74) is 6.70. The Balaban J connectivity index is 1.80. The van der Waals surface area contributed by atoms with Gasteiger partial charge < -0.3 is 20.7 Å². The fourth-order valence-corrected chi connectivity index (χ4v) is 3.21. The smallest absolute Gasteiger partial charge is 0.282 e. The summed E-state index contributed by atoms with van der Waals surface area (Å²) >= 11 is 0. The van der Waals surface area contributed by atoms with Crippen LogP contribution in [-0.4, -0.2) is 32.0 Å². The highest BCUT2D eigenvalue weighted by Crippen LogP contribution is 2.44. The summed E-state index contributed by atoms with van der Waals surface area (Å²) in [6.07, 6.45) is 0. The minimum absolute atomic E-state index is 0.107. The Kier molecular flexibility index (Phi) is 3.54. The van der Waals surface area contributed by atoms with E-state index >= 15 is 0 Å². The number of anilines is 2. The lowest BCUT2D eigenvalue weighted by molar-refractivity contribution is -0.122. The number of nitrogens with one attached hydrogen (secondary N) is 2. The number of nitrogens with two attached hydrogens (primary N) is 1. The first kappa shape index (κ1) is 15.9. The number of benzene rings is 2. The summed E-state index contributed by atoms with van der Waals surface area (Å²) in [7, 11) is 3.28. The Morgan fingerprint density at radius 1 is 1.15 bits per heavy atom. The molecule has 0 saturated carbocycles. The monoisotopic (exact) mass is 350 g/mol. The predicted molar refractivity (Wildman–Crippen MR) is 100 cm³/mol. The molecule has 0 saturated heterocycles. The molecule has 2 aliphatic heterocycles. The zero-order valence-corrected chi connectivity index (χ0v) is 14.4. The zero-order valence-electron chi connectivity index (χ0n) is 14.4. The molecular weight excluding hydrogens is 332 g/mol. The molecule has 26 heavy (non-hydrogen) atoms. The van der Waals surface area contributed by atoms with Crippen LogP contribution < -0.4 is 26.0 Å². The van der Waals surface area contributed by atoms with E-state index in [1.807, 2.05) is 48.5 Å². The number of para-hydroxylation sites is 3. The van der Waals surface area contributed by atoms with E-state index in [4.69, 9.17) is 10.5 Å². The number of amides is 1. The van der Waals surface area contributed by atoms with Crippen molar-refractivity contribution in [2.75, 3.05) is 24.4 Å². The molecular formula is C18H18N6O2. The van der Waals surface area contributed by atoms with Crippen LogP contribution >= 0.6 is 0 Å². The molecule has 0 radical (unpaired) electrons. The maximum atomic E-state index is 13.0. The largest absolute Gasteiger partial charge is 0.495 e. The standard InChI is InChI=1S/C18H18N6O2/c1-24-13-9-5-3-7-11(13)18(15(24)25)22-16(19)21-17(23-18)20-12-8-4-6-10-14(12)26-2/h3-10H,1-2H3,(H4,19,20,21,22,23)/t18-/m1/s1. The quantitative estimate of drug-likeness (QED) is 0.755. The number of carbonyl (C=O) groups is 1. The normalized spacial score (nSPS) is 21.0. The van der Waals surface area contributed by atoms with Crippen LogP contribution in [0.5, 0.6) is 5.75 Å². The molecule has 0 aromatic heterocycles. The Morgan fingerprint density at radius 2 is 1.88 bits per heavy atom. The van der Waals surface area contributed by atoms with Crippen molar-refractivity contribution >= 4 is 29.2 Å². The Bertz CT molecular complexity index is 954. The number of fused-ring (bicyclic) bond motifs is 2. The lowest BCUT2D eigenvalue weighted by atomic mass is 10.0. The van der Waals surface area contributed by atoms with Crippen LogP contribution in [0.2, 0.25) is 0 Å². The topological polar surface area (TPSA) is 104 Å². The number of likely N-dealkylation sites (N-methyl/N-ethyl adjacent to an activating group) is 1. The first-order valence-corrected chi connectivity index (χ1v) is 8.05. The summed E-state index contributed by atoms with van der Waals surface area (Å²) in [4.78, 5) is 23.5. The molecule has 2 aromatic rings. The van der Waals surface area contributed by atoms with Crippen molar-refractivity contribution in [1.29, 1.82) is 0 Å². The second-order valence-electron chi connectivity index (χ2n) is 5.96. The molecule has 8 nitrogen and oxygen atoms in total. The third-order valence-corrected chi connectivity index (χ3v) is 4.41. The number of ether oxygens (including phenoxy) is 1. The molecule has 132 valence electrons. The van der Waals surface area contributed by atoms with Crippen molar-refractivity contribution in [2.45, 2.75) is 5.66 Å². The van der Waals surface area contributed by atoms with Gasteiger partial charge >= 0.3 is 0 Å². The number of rotatable bonds is 2. The fraction of sp³-hybridized carbons (Fsp3) is 0.167. The van der Waals surface area contributed by atoms with Gasteiger partial charge in [-0.05, 0) is 18.2 Å². The van der Waals surface area contributed by atoms with Crippen LogP contribution in [0.15, 0.2) is 58.5 Å². The number of methoxy groups -OCH3 is 1. The van der Waals surface area contributed by atoms with Crippen molar-refractivity contribution in [3.8, 4) is 5.75 Å². The molecule has 1 amide bonds. The van der Waals surface area contributed by atoms with Gasteiger partial charge in [-0.2, -0.15) is 0 Å². The second kappa shape index (κ2) is 5.76. The molecule has 2 aliphatic rings. The van der Waals surface area contributed by atoms with Gasteiger partial charge in [-0.1, -0.05) is 30.3 Å². The SMILES string of the molecule is COc1ccccc1NC1=N[C@@]2(N=C(N)N1)C(=O)N(C)c1ccccc12. The van der Waals surface area contributed by atoms with E-state index in [-0.39, 0.29) is 11.9 Å². The van der Waals surface area contributed by atoms with Gasteiger partial charge in [-0.25, -0.2) is 9.98 Å². The number of hydrogen-bond acceptors (Lipinski definition) is 7. The van der Waals surface area contributed by atoms with E-state index in [9.17, 15) is 4.79 Å². The van der Waals surface area contributed by atoms with E-state index in [0.717, 1.165) is 5.69 Å². The van der Waals surface area contributed by atoms with Crippen LogP contribution in [-0.2, 0) is 10.5 Å². The van der Waals surface area contributed by atoms with E-state index < -0.39 is 5.66 Å². The summed E-state index contributed by atoms with van der Waals surface area (Å²) in [5.74, 6) is 0.807. The summed E-state index contributed by atoms with van der Waals surface area (Å²) < 4.78 is 5.34. The number of carbonyl (C=O) groups excluding carboxylic acids is 1. The van der Waals surface area contributed by atoms with Crippen molar-refractivity contribution in [3.63, 3.8) is 0 Å². The average Bonchev–Trinajstić information content (AvgIpc) is 2.84. The molecule has 4 N–H and O–H groups in total. The first-order valence-electron chi connectivity index (χ1n) is 8.05. The van der Waals surface area contributed by atoms with Crippen molar-refractivity contribution in [2.24, 2.45) is 15.7 Å². The molecule has 0 fully saturated rings. The summed E-state index contributed by atoms with van der Waals surface area (Å²) in [5, 5.41) is 6.00. The third-order valence-electron chi connectivity index (χ3n) is 4.41. The highest BCUT2D eigenvalue weighted by molar-refractivity contribution is 6.14. The highest BCUT2D eigenvalue weighted by atomic mass is 16.5. The van der Waals surface area contributed by atoms with Gasteiger partial charge in [0.25, 0.3) is 11.6 Å². The summed E-state index contributed by atoms with van der Waals surface area (Å²) in [6.45, 7) is 0. The Labute approximate surface area is 150 Å². The van der Waals surface area contributed by atoms with Gasteiger partial charge in [0.15, 0.2) is 5.96 Å². The van der Waals surface area contributed by atoms with Gasteiger partial charge in [0.05, 0.1) is 18.5 Å². The van der Waals surface area contributed by atoms with Gasteiger partial charge in [-0.3, -0.25) is 10.1 Å². The van der Waals surface area contributed by atoms with Crippen molar-refractivity contribution < 1.29 is 9.53 Å². The maximum Gasteiger partial charge on any atom is 0.282 e. The minimum atomic E-state index is -1.43. The van der Waals surface area contributed by atoms with E-state index in [1.54, 1.807) is 19.1 Å². The third kappa shape index (κ3) is 2.26. The van der Waals surface area contributed by atoms with Crippen LogP contribution in [0.25, 0.3) is 0 Å². The highest BCUT2D eigenvalue weighted by Gasteiger charge is 2.52. The number of hydrogen-bond donors (Lipinski definition) is 3. The molecule has 1 spiro atoms. The molecule has 0 unspecified atom stereocenters. The van der Waals surface area contributed by atoms with Crippen LogP contribution in [0.4, 0.5) is 11.4 Å². The molecule has 0 bridgehead atoms. The molecule has 4 rings (SSSR count). The fourth-order valence-electron chi connectivity index (χ4n) is 3.21. The van der Waals surface area contributed by atoms with Crippen LogP contribution in [0.1, 0.15) is 5.56 Å². The van der Waals surface area contributed by atoms with Crippen LogP contribution in [0.3, 0.4) is 0 Å². The van der Waals surface area contributed by atoms with Crippen LogP contribution in [0, 0.1) is 0 Å². The predicted octanol–water partition coefficient (Wildman–Crippen LogP) is 1.21. The number of guanidine groups is 2. The lowest BCUT2D eigenvalue weighted by Crippen LogP contribution is -2.50. The molecule has 0 aliphatic carbocycles. The molecule has 8 heteroatoms. The van der Waals surface area contributed by atoms with E-state index in [2.05, 4.69) is 20.6 Å². The Hall–Kier alpha value is -3.55. The van der Waals surface area contributed by atoms with E-state index in [1.165, 1.54) is 0 Å². The lowest BCUT2D eigenvalue weighted by Gasteiger charge is -2.27. The summed E-state index contributed by atoms with van der Waals surface area (Å²) in [6, 6.07) is 14.8. The zero-order chi connectivity index (χ0) is 18.3. The van der Waals surface area contributed by atoms with Gasteiger partial charge in [0, 0.05) is 12.6 Å². The second-order valence-corrected chi connectivity index (χ2v) is 5.96. The van der Waals surface area contributed by atoms with Gasteiger partial charge in [-0.15, -0.1) is 0 Å². The van der Waals surface area contributed by atoms with Gasteiger partial charge in [0.1, 0.15) is 5.75 Å². The molecule has 1 atom stereocenters. The van der Waals surface area contributed by atoms with E-state index in [0.29, 0.717) is 23.0 Å². The average molecular weight is 350 g/mol. The van der Waals surface area contributed by atoms with Crippen molar-refractivity contribution in [3.05, 3.63) is 54.1 Å². The minimum Gasteiger partial charge on any atom is -0.495 e. The number of nitrogens with zero attached hydrogens (tertiary/aromatic N) is 3. The molecule has 2 heterocycles. The number of aliphatic imine (C=N–C) groups is 2.